The monoisotopic (exact) mass is 498 g/mol. The van der Waals surface area contributed by atoms with Crippen LogP contribution in [0.4, 0.5) is 0 Å². The third-order valence-corrected chi connectivity index (χ3v) is 7.47. The van der Waals surface area contributed by atoms with E-state index in [-0.39, 0.29) is 0 Å². The van der Waals surface area contributed by atoms with Gasteiger partial charge in [0.05, 0.1) is 6.61 Å². The van der Waals surface area contributed by atoms with Gasteiger partial charge in [0.25, 0.3) is 5.56 Å². The Labute approximate surface area is 165 Å². The molecular weight excluding hydrogens is 481 g/mol. The van der Waals surface area contributed by atoms with Gasteiger partial charge in [-0.15, -0.1) is 0 Å². The van der Waals surface area contributed by atoms with Gasteiger partial charge in [-0.3, -0.25) is 18.9 Å². The molecule has 30 heavy (non-hydrogen) atoms. The van der Waals surface area contributed by atoms with Crippen molar-refractivity contribution in [2.75, 3.05) is 6.61 Å². The summed E-state index contributed by atoms with van der Waals surface area (Å²) in [6.45, 7) is -0.00813. The zero-order valence-electron chi connectivity index (χ0n) is 14.7. The Morgan fingerprint density at radius 3 is 2.27 bits per heavy atom. The number of nitrogens with zero attached hydrogens (tertiary/aromatic N) is 1. The standard InChI is InChI=1S/C10H17N2O15P3/c1-10(4-24-29(20,21)27-30(22,23)26-28(17,18)19)7(15)6(14)8(25-10)12-3-2-5(13)11-9(12)16/h2-3,6-8,14-15H,4H2,1H3,(H,20,21)(H,22,23)(H,11,13,16)(H2,17,18,19)/t6-,7+,8-,10-/m1/s1. The third kappa shape index (κ3) is 6.24. The summed E-state index contributed by atoms with van der Waals surface area (Å²) < 4.78 is 51.2. The van der Waals surface area contributed by atoms with E-state index < -0.39 is 65.4 Å². The summed E-state index contributed by atoms with van der Waals surface area (Å²) >= 11 is 0. The van der Waals surface area contributed by atoms with Crippen LogP contribution in [-0.4, -0.2) is 63.8 Å². The molecule has 7 N–H and O–H groups in total. The van der Waals surface area contributed by atoms with Crippen LogP contribution in [0.3, 0.4) is 0 Å². The fourth-order valence-corrected chi connectivity index (χ4v) is 5.53. The van der Waals surface area contributed by atoms with Crippen molar-refractivity contribution in [2.24, 2.45) is 0 Å². The number of phosphoric ester groups is 1. The van der Waals surface area contributed by atoms with Gasteiger partial charge in [-0.05, 0) is 6.92 Å². The van der Waals surface area contributed by atoms with Gasteiger partial charge in [0.2, 0.25) is 0 Å². The first kappa shape index (κ1) is 25.2. The number of hydrogen-bond donors (Lipinski definition) is 7. The minimum absolute atomic E-state index is 0.714. The minimum atomic E-state index is -5.75. The lowest BCUT2D eigenvalue weighted by atomic mass is 9.99. The van der Waals surface area contributed by atoms with E-state index in [0.717, 1.165) is 19.2 Å². The van der Waals surface area contributed by atoms with Crippen LogP contribution in [0.1, 0.15) is 13.2 Å². The smallest absolute Gasteiger partial charge is 0.387 e. The number of phosphoric acid groups is 3. The molecule has 0 amide bonds. The van der Waals surface area contributed by atoms with Gasteiger partial charge in [0.15, 0.2) is 6.23 Å². The first-order chi connectivity index (χ1) is 13.4. The van der Waals surface area contributed by atoms with Crippen LogP contribution >= 0.6 is 23.5 Å². The summed E-state index contributed by atoms with van der Waals surface area (Å²) in [6, 6.07) is 0.922. The van der Waals surface area contributed by atoms with E-state index in [0.29, 0.717) is 4.57 Å². The summed E-state index contributed by atoms with van der Waals surface area (Å²) in [5.41, 5.74) is -3.75. The molecule has 6 atom stereocenters. The Balaban J connectivity index is 2.15. The number of rotatable bonds is 8. The molecule has 20 heteroatoms. The van der Waals surface area contributed by atoms with Crippen LogP contribution in [0.2, 0.25) is 0 Å². The Kier molecular flexibility index (Phi) is 7.14. The minimum Gasteiger partial charge on any atom is -0.387 e. The van der Waals surface area contributed by atoms with Gasteiger partial charge in [-0.1, -0.05) is 0 Å². The lowest BCUT2D eigenvalue weighted by molar-refractivity contribution is -0.116. The summed E-state index contributed by atoms with van der Waals surface area (Å²) in [4.78, 5) is 60.4. The maximum Gasteiger partial charge on any atom is 0.490 e. The van der Waals surface area contributed by atoms with E-state index in [4.69, 9.17) is 19.4 Å². The number of aromatic nitrogens is 2. The van der Waals surface area contributed by atoms with E-state index in [9.17, 15) is 38.4 Å². The number of H-pyrrole nitrogens is 1. The highest BCUT2D eigenvalue weighted by molar-refractivity contribution is 7.66. The molecule has 1 aromatic heterocycles. The number of aromatic amines is 1. The molecule has 2 unspecified atom stereocenters. The molecule has 172 valence electrons. The maximum absolute atomic E-state index is 11.8. The molecule has 0 spiro atoms. The van der Waals surface area contributed by atoms with Crippen molar-refractivity contribution >= 4 is 23.5 Å². The highest BCUT2D eigenvalue weighted by atomic mass is 31.3. The predicted octanol–water partition coefficient (Wildman–Crippen LogP) is -2.11. The van der Waals surface area contributed by atoms with Crippen LogP contribution in [0.5, 0.6) is 0 Å². The normalized spacial score (nSPS) is 31.2. The highest BCUT2D eigenvalue weighted by Gasteiger charge is 2.54. The van der Waals surface area contributed by atoms with Gasteiger partial charge in [0, 0.05) is 12.3 Å². The van der Waals surface area contributed by atoms with Crippen molar-refractivity contribution in [2.45, 2.75) is 31.0 Å². The van der Waals surface area contributed by atoms with Gasteiger partial charge >= 0.3 is 29.2 Å². The molecule has 2 heterocycles. The number of ether oxygens (including phenoxy) is 1. The quantitative estimate of drug-likeness (QED) is 0.189. The second-order valence-corrected chi connectivity index (χ2v) is 10.6. The van der Waals surface area contributed by atoms with Crippen molar-refractivity contribution in [1.29, 1.82) is 0 Å². The van der Waals surface area contributed by atoms with Crippen LogP contribution in [-0.2, 0) is 31.6 Å². The largest absolute Gasteiger partial charge is 0.490 e. The van der Waals surface area contributed by atoms with Crippen molar-refractivity contribution in [3.63, 3.8) is 0 Å². The molecular formula is C10H17N2O15P3. The van der Waals surface area contributed by atoms with E-state index in [1.165, 1.54) is 0 Å². The molecule has 2 rings (SSSR count). The second kappa shape index (κ2) is 8.48. The number of nitrogens with one attached hydrogen (secondary N) is 1. The molecule has 1 aromatic rings. The van der Waals surface area contributed by atoms with E-state index in [2.05, 4.69) is 13.1 Å². The predicted molar refractivity (Wildman–Crippen MR) is 91.7 cm³/mol. The Bertz CT molecular complexity index is 1050. The van der Waals surface area contributed by atoms with Gasteiger partial charge in [-0.25, -0.2) is 18.5 Å². The molecule has 0 radical (unpaired) electrons. The number of aliphatic hydroxyl groups excluding tert-OH is 2. The molecule has 0 bridgehead atoms. The first-order valence-corrected chi connectivity index (χ1v) is 12.1. The Hall–Kier alpha value is -1.03. The number of aliphatic hydroxyl groups is 2. The summed E-state index contributed by atoms with van der Waals surface area (Å²) in [5, 5.41) is 20.3. The van der Waals surface area contributed by atoms with Crippen LogP contribution in [0, 0.1) is 0 Å². The Morgan fingerprint density at radius 1 is 1.13 bits per heavy atom. The first-order valence-electron chi connectivity index (χ1n) is 7.58. The number of hydrogen-bond acceptors (Lipinski definition) is 11. The van der Waals surface area contributed by atoms with Gasteiger partial charge in [0.1, 0.15) is 17.8 Å². The van der Waals surface area contributed by atoms with Gasteiger partial charge < -0.3 is 34.5 Å². The van der Waals surface area contributed by atoms with E-state index in [1.807, 2.05) is 4.98 Å². The van der Waals surface area contributed by atoms with Crippen molar-refractivity contribution < 1.29 is 61.4 Å². The van der Waals surface area contributed by atoms with Crippen LogP contribution in [0.25, 0.3) is 0 Å². The third-order valence-electron chi connectivity index (χ3n) is 3.69. The second-order valence-electron chi connectivity index (χ2n) is 6.14. The highest BCUT2D eigenvalue weighted by Crippen LogP contribution is 2.66. The van der Waals surface area contributed by atoms with E-state index in [1.54, 1.807) is 0 Å². The van der Waals surface area contributed by atoms with Crippen molar-refractivity contribution in [1.82, 2.24) is 9.55 Å². The summed E-state index contributed by atoms with van der Waals surface area (Å²) in [6.07, 6.45) is -4.24. The molecule has 1 aliphatic heterocycles. The average Bonchev–Trinajstić information content (AvgIpc) is 2.75. The topological polar surface area (TPSA) is 264 Å². The fourth-order valence-electron chi connectivity index (χ4n) is 2.41. The fraction of sp³-hybridized carbons (Fsp3) is 0.600. The Morgan fingerprint density at radius 2 is 1.73 bits per heavy atom. The molecule has 0 aliphatic carbocycles. The van der Waals surface area contributed by atoms with Crippen molar-refractivity contribution in [3.05, 3.63) is 33.1 Å². The zero-order valence-corrected chi connectivity index (χ0v) is 17.4. The molecule has 1 saturated heterocycles. The lowest BCUT2D eigenvalue weighted by Gasteiger charge is -2.28. The van der Waals surface area contributed by atoms with E-state index >= 15 is 0 Å². The van der Waals surface area contributed by atoms with Crippen LogP contribution in [0.15, 0.2) is 21.9 Å². The molecule has 0 aromatic carbocycles. The maximum atomic E-state index is 11.8. The molecule has 1 aliphatic rings. The summed E-state index contributed by atoms with van der Waals surface area (Å²) in [7, 11) is -16.8. The SMILES string of the molecule is C[C@]1(COP(=O)(O)OP(=O)(O)OP(=O)(O)O)O[C@@H](n2ccc(=O)[nH]c2=O)[C@H](O)[C@@H]1O. The average molecular weight is 498 g/mol. The van der Waals surface area contributed by atoms with Gasteiger partial charge in [-0.2, -0.15) is 8.62 Å². The lowest BCUT2D eigenvalue weighted by Crippen LogP contribution is -2.44. The summed E-state index contributed by atoms with van der Waals surface area (Å²) in [5.74, 6) is 0. The molecule has 17 nitrogen and oxygen atoms in total. The molecule has 0 saturated carbocycles. The molecule has 1 fully saturated rings. The van der Waals surface area contributed by atoms with Crippen LogP contribution < -0.4 is 11.2 Å². The zero-order chi connectivity index (χ0) is 23.1. The van der Waals surface area contributed by atoms with Crippen molar-refractivity contribution in [3.8, 4) is 0 Å².